The van der Waals surface area contributed by atoms with Gasteiger partial charge in [0.15, 0.2) is 5.11 Å². The average Bonchev–Trinajstić information content (AvgIpc) is 3.40. The van der Waals surface area contributed by atoms with Crippen LogP contribution in [0.4, 0.5) is 5.69 Å². The van der Waals surface area contributed by atoms with E-state index < -0.39 is 0 Å². The van der Waals surface area contributed by atoms with Gasteiger partial charge >= 0.3 is 0 Å². The van der Waals surface area contributed by atoms with Gasteiger partial charge in [-0.05, 0) is 80.5 Å². The number of anilines is 1. The SMILES string of the molecule is COCCCN1C(=S)NC(c2ccccn2)C1c1cc(C)n(-c2ccc(N3CCOCC3)cc2)c1C. The first-order valence-corrected chi connectivity index (χ1v) is 13.1. The van der Waals surface area contributed by atoms with Gasteiger partial charge in [0.1, 0.15) is 0 Å². The highest BCUT2D eigenvalue weighted by atomic mass is 32.1. The van der Waals surface area contributed by atoms with Crippen LogP contribution in [0.5, 0.6) is 0 Å². The van der Waals surface area contributed by atoms with Crippen LogP contribution in [0.15, 0.2) is 54.7 Å². The number of methoxy groups -OCH3 is 1. The minimum atomic E-state index is -0.0149. The van der Waals surface area contributed by atoms with Crippen molar-refractivity contribution in [3.8, 4) is 5.69 Å². The molecule has 0 aliphatic carbocycles. The van der Waals surface area contributed by atoms with Crippen molar-refractivity contribution in [1.29, 1.82) is 0 Å². The molecule has 2 aliphatic rings. The van der Waals surface area contributed by atoms with E-state index in [1.807, 2.05) is 18.3 Å². The first-order chi connectivity index (χ1) is 17.6. The number of thiocarbonyl (C=S) groups is 1. The summed E-state index contributed by atoms with van der Waals surface area (Å²) in [6.07, 6.45) is 2.76. The highest BCUT2D eigenvalue weighted by Crippen LogP contribution is 2.41. The predicted octanol–water partition coefficient (Wildman–Crippen LogP) is 4.33. The summed E-state index contributed by atoms with van der Waals surface area (Å²) in [7, 11) is 1.74. The molecule has 8 heteroatoms. The van der Waals surface area contributed by atoms with Crippen LogP contribution in [-0.4, -0.2) is 66.1 Å². The lowest BCUT2D eigenvalue weighted by molar-refractivity contribution is 0.122. The van der Waals surface area contributed by atoms with Gasteiger partial charge in [-0.2, -0.15) is 0 Å². The summed E-state index contributed by atoms with van der Waals surface area (Å²) >= 11 is 5.82. The molecule has 190 valence electrons. The number of ether oxygens (including phenoxy) is 2. The van der Waals surface area contributed by atoms with E-state index in [1.165, 1.54) is 28.3 Å². The monoisotopic (exact) mass is 505 g/mol. The second-order valence-corrected chi connectivity index (χ2v) is 9.83. The zero-order valence-electron chi connectivity index (χ0n) is 21.3. The Hall–Kier alpha value is -2.94. The lowest BCUT2D eigenvalue weighted by atomic mass is 9.96. The topological polar surface area (TPSA) is 54.8 Å². The molecule has 36 heavy (non-hydrogen) atoms. The van der Waals surface area contributed by atoms with Crippen LogP contribution in [0.25, 0.3) is 5.69 Å². The number of benzene rings is 1. The fourth-order valence-corrected chi connectivity index (χ4v) is 5.81. The molecule has 0 bridgehead atoms. The third-order valence-corrected chi connectivity index (χ3v) is 7.57. The predicted molar refractivity (Wildman–Crippen MR) is 147 cm³/mol. The van der Waals surface area contributed by atoms with Gasteiger partial charge in [-0.15, -0.1) is 0 Å². The van der Waals surface area contributed by atoms with E-state index in [0.717, 1.165) is 50.1 Å². The van der Waals surface area contributed by atoms with Crippen LogP contribution in [-0.2, 0) is 9.47 Å². The Bertz CT molecular complexity index is 1170. The normalized spacial score (nSPS) is 20.1. The molecule has 4 heterocycles. The lowest BCUT2D eigenvalue weighted by Gasteiger charge is -2.29. The molecule has 2 aromatic heterocycles. The number of nitrogens with zero attached hydrogens (tertiary/aromatic N) is 4. The summed E-state index contributed by atoms with van der Waals surface area (Å²) in [6, 6.07) is 17.3. The summed E-state index contributed by atoms with van der Waals surface area (Å²) in [4.78, 5) is 9.37. The third-order valence-electron chi connectivity index (χ3n) is 7.22. The Morgan fingerprint density at radius 1 is 1.08 bits per heavy atom. The van der Waals surface area contributed by atoms with Crippen LogP contribution >= 0.6 is 12.2 Å². The zero-order valence-corrected chi connectivity index (χ0v) is 22.1. The Morgan fingerprint density at radius 3 is 2.53 bits per heavy atom. The minimum absolute atomic E-state index is 0.0149. The molecular formula is C28H35N5O2S. The zero-order chi connectivity index (χ0) is 25.1. The van der Waals surface area contributed by atoms with Crippen molar-refractivity contribution >= 4 is 23.0 Å². The van der Waals surface area contributed by atoms with E-state index in [1.54, 1.807) is 7.11 Å². The van der Waals surface area contributed by atoms with E-state index in [2.05, 4.69) is 74.9 Å². The molecule has 2 unspecified atom stereocenters. The highest BCUT2D eigenvalue weighted by Gasteiger charge is 2.41. The maximum Gasteiger partial charge on any atom is 0.170 e. The fraction of sp³-hybridized carbons (Fsp3) is 0.429. The molecule has 2 atom stereocenters. The van der Waals surface area contributed by atoms with Crippen molar-refractivity contribution in [2.75, 3.05) is 51.5 Å². The molecule has 1 aromatic carbocycles. The van der Waals surface area contributed by atoms with Gasteiger partial charge in [-0.25, -0.2) is 0 Å². The number of morpholine rings is 1. The molecule has 0 amide bonds. The maximum absolute atomic E-state index is 5.82. The summed E-state index contributed by atoms with van der Waals surface area (Å²) < 4.78 is 13.2. The van der Waals surface area contributed by atoms with Crippen LogP contribution < -0.4 is 10.2 Å². The van der Waals surface area contributed by atoms with E-state index in [4.69, 9.17) is 21.7 Å². The number of hydrogen-bond acceptors (Lipinski definition) is 5. The third kappa shape index (κ3) is 4.85. The summed E-state index contributed by atoms with van der Waals surface area (Å²) in [5.41, 5.74) is 7.11. The molecule has 1 N–H and O–H groups in total. The molecule has 7 nitrogen and oxygen atoms in total. The number of aryl methyl sites for hydroxylation is 1. The van der Waals surface area contributed by atoms with Crippen LogP contribution in [0.3, 0.4) is 0 Å². The van der Waals surface area contributed by atoms with Crippen LogP contribution in [0, 0.1) is 13.8 Å². The van der Waals surface area contributed by atoms with Crippen LogP contribution in [0.2, 0.25) is 0 Å². The van der Waals surface area contributed by atoms with Gasteiger partial charge < -0.3 is 29.2 Å². The van der Waals surface area contributed by atoms with Gasteiger partial charge in [0.25, 0.3) is 0 Å². The molecule has 0 saturated carbocycles. The molecule has 2 aliphatic heterocycles. The molecule has 0 spiro atoms. The van der Waals surface area contributed by atoms with E-state index >= 15 is 0 Å². The average molecular weight is 506 g/mol. The Morgan fingerprint density at radius 2 is 1.83 bits per heavy atom. The standard InChI is InChI=1S/C28H35N5O2S/c1-20-19-24(21(2)33(20)23-10-8-22(9-11-23)31-14-17-35-18-15-31)27-26(25-7-4-5-12-29-25)30-28(36)32(27)13-6-16-34-3/h4-5,7-12,19,26-27H,6,13-18H2,1-3H3,(H,30,36). The van der Waals surface area contributed by atoms with E-state index in [-0.39, 0.29) is 12.1 Å². The molecule has 2 saturated heterocycles. The molecule has 5 rings (SSSR count). The smallest absolute Gasteiger partial charge is 0.170 e. The van der Waals surface area contributed by atoms with Crippen molar-refractivity contribution in [2.45, 2.75) is 32.4 Å². The quantitative estimate of drug-likeness (QED) is 0.361. The lowest BCUT2D eigenvalue weighted by Crippen LogP contribution is -2.36. The second kappa shape index (κ2) is 11.0. The van der Waals surface area contributed by atoms with Crippen LogP contribution in [0.1, 0.15) is 41.1 Å². The van der Waals surface area contributed by atoms with Crippen molar-refractivity contribution in [2.24, 2.45) is 0 Å². The van der Waals surface area contributed by atoms with Gasteiger partial charge in [-0.1, -0.05) is 6.07 Å². The van der Waals surface area contributed by atoms with Gasteiger partial charge in [-0.3, -0.25) is 4.98 Å². The number of pyridine rings is 1. The molecule has 2 fully saturated rings. The second-order valence-electron chi connectivity index (χ2n) is 9.44. The van der Waals surface area contributed by atoms with Gasteiger partial charge in [0.05, 0.1) is 31.0 Å². The van der Waals surface area contributed by atoms with Crippen molar-refractivity contribution < 1.29 is 9.47 Å². The largest absolute Gasteiger partial charge is 0.385 e. The molecule has 0 radical (unpaired) electrons. The molecule has 3 aromatic rings. The Labute approximate surface area is 219 Å². The summed E-state index contributed by atoms with van der Waals surface area (Å²) in [5, 5.41) is 4.33. The minimum Gasteiger partial charge on any atom is -0.385 e. The molecular weight excluding hydrogens is 470 g/mol. The first-order valence-electron chi connectivity index (χ1n) is 12.7. The number of rotatable bonds is 8. The Kier molecular flexibility index (Phi) is 7.55. The number of nitrogens with one attached hydrogen (secondary N) is 1. The summed E-state index contributed by atoms with van der Waals surface area (Å²) in [6.45, 7) is 9.37. The first kappa shape index (κ1) is 24.7. The van der Waals surface area contributed by atoms with Crippen molar-refractivity contribution in [3.05, 3.63) is 77.4 Å². The summed E-state index contributed by atoms with van der Waals surface area (Å²) in [5.74, 6) is 0. The number of aromatic nitrogens is 2. The maximum atomic E-state index is 5.82. The van der Waals surface area contributed by atoms with E-state index in [9.17, 15) is 0 Å². The van der Waals surface area contributed by atoms with Crippen molar-refractivity contribution in [3.63, 3.8) is 0 Å². The van der Waals surface area contributed by atoms with Gasteiger partial charge in [0.2, 0.25) is 0 Å². The Balaban J connectivity index is 1.49. The van der Waals surface area contributed by atoms with Gasteiger partial charge in [0, 0.05) is 62.3 Å². The number of hydrogen-bond donors (Lipinski definition) is 1. The fourth-order valence-electron chi connectivity index (χ4n) is 5.48. The van der Waals surface area contributed by atoms with Crippen molar-refractivity contribution in [1.82, 2.24) is 19.8 Å². The highest BCUT2D eigenvalue weighted by molar-refractivity contribution is 7.80. The van der Waals surface area contributed by atoms with E-state index in [0.29, 0.717) is 6.61 Å².